The van der Waals surface area contributed by atoms with Crippen LogP contribution in [0.1, 0.15) is 33.9 Å². The predicted molar refractivity (Wildman–Crippen MR) is 104 cm³/mol. The Morgan fingerprint density at radius 1 is 1.34 bits per heavy atom. The number of nitrogens with one attached hydrogen (secondary N) is 2. The summed E-state index contributed by atoms with van der Waals surface area (Å²) in [5, 5.41) is 20.4. The van der Waals surface area contributed by atoms with Gasteiger partial charge in [0.25, 0.3) is 5.91 Å². The molecule has 0 fully saturated rings. The number of fused-ring (bicyclic) bond motifs is 1. The smallest absolute Gasteiger partial charge is 0.410 e. The number of benzene rings is 1. The molecule has 0 bridgehead atoms. The second-order valence-electron chi connectivity index (χ2n) is 6.47. The van der Waals surface area contributed by atoms with Crippen molar-refractivity contribution in [3.8, 4) is 5.75 Å². The van der Waals surface area contributed by atoms with E-state index in [2.05, 4.69) is 15.7 Å². The highest BCUT2D eigenvalue weighted by molar-refractivity contribution is 7.10. The normalized spacial score (nSPS) is 18.8. The lowest BCUT2D eigenvalue weighted by atomic mass is 10.0. The number of alkyl halides is 3. The molecule has 0 saturated heterocycles. The Labute approximate surface area is 171 Å². The first-order chi connectivity index (χ1) is 13.7. The standard InChI is InChI=1S/C18H14ClF3N4O2S/c19-14-15(17(28)23-9-3-1-4-10(27)7-9)25-26-13(18(20,21)22)8-11(24-16(14)26)12-5-2-6-29-12/h1-7,11,13,24,27H,8H2,(H,23,28)/t11-,13+/m0/s1. The van der Waals surface area contributed by atoms with E-state index in [1.54, 1.807) is 17.5 Å². The lowest BCUT2D eigenvalue weighted by Crippen LogP contribution is -2.35. The fourth-order valence-corrected chi connectivity index (χ4v) is 4.24. The summed E-state index contributed by atoms with van der Waals surface area (Å²) < 4.78 is 41.9. The zero-order valence-corrected chi connectivity index (χ0v) is 16.1. The topological polar surface area (TPSA) is 79.2 Å². The van der Waals surface area contributed by atoms with Crippen LogP contribution in [0, 0.1) is 0 Å². The van der Waals surface area contributed by atoms with Gasteiger partial charge in [-0.15, -0.1) is 11.3 Å². The second kappa shape index (κ2) is 7.27. The van der Waals surface area contributed by atoms with E-state index in [1.165, 1.54) is 35.6 Å². The number of anilines is 2. The van der Waals surface area contributed by atoms with Gasteiger partial charge in [0.15, 0.2) is 11.7 Å². The fourth-order valence-electron chi connectivity index (χ4n) is 3.18. The molecule has 152 valence electrons. The van der Waals surface area contributed by atoms with Gasteiger partial charge >= 0.3 is 6.18 Å². The Bertz CT molecular complexity index is 1050. The Balaban J connectivity index is 1.70. The van der Waals surface area contributed by atoms with E-state index < -0.39 is 24.2 Å². The van der Waals surface area contributed by atoms with Gasteiger partial charge in [-0.1, -0.05) is 23.7 Å². The average Bonchev–Trinajstić information content (AvgIpc) is 3.29. The molecule has 6 nitrogen and oxygen atoms in total. The van der Waals surface area contributed by atoms with Crippen LogP contribution in [0.25, 0.3) is 0 Å². The van der Waals surface area contributed by atoms with Crippen molar-refractivity contribution in [2.45, 2.75) is 24.7 Å². The first-order valence-electron chi connectivity index (χ1n) is 8.49. The highest BCUT2D eigenvalue weighted by atomic mass is 35.5. The minimum absolute atomic E-state index is 0.0558. The number of rotatable bonds is 3. The van der Waals surface area contributed by atoms with E-state index in [4.69, 9.17) is 11.6 Å². The molecule has 2 aromatic heterocycles. The van der Waals surface area contributed by atoms with Gasteiger partial charge in [0.05, 0.1) is 6.04 Å². The number of hydrogen-bond acceptors (Lipinski definition) is 5. The quantitative estimate of drug-likeness (QED) is 0.520. The molecular weight excluding hydrogens is 429 g/mol. The molecule has 11 heteroatoms. The number of aromatic hydroxyl groups is 1. The number of phenolic OH excluding ortho intramolecular Hbond substituents is 1. The summed E-state index contributed by atoms with van der Waals surface area (Å²) >= 11 is 7.59. The zero-order chi connectivity index (χ0) is 20.8. The largest absolute Gasteiger partial charge is 0.508 e. The van der Waals surface area contributed by atoms with Crippen molar-refractivity contribution < 1.29 is 23.1 Å². The Morgan fingerprint density at radius 3 is 2.79 bits per heavy atom. The van der Waals surface area contributed by atoms with Crippen molar-refractivity contribution in [2.75, 3.05) is 10.6 Å². The summed E-state index contributed by atoms with van der Waals surface area (Å²) in [5.41, 5.74) is -0.0765. The molecule has 1 aliphatic heterocycles. The first-order valence-corrected chi connectivity index (χ1v) is 9.75. The molecule has 1 aliphatic rings. The predicted octanol–water partition coefficient (Wildman–Crippen LogP) is 5.22. The van der Waals surface area contributed by atoms with Crippen molar-refractivity contribution in [3.63, 3.8) is 0 Å². The number of carbonyl (C=O) groups is 1. The van der Waals surface area contributed by atoms with E-state index in [0.717, 1.165) is 9.56 Å². The molecule has 3 aromatic rings. The molecule has 0 spiro atoms. The van der Waals surface area contributed by atoms with Gasteiger partial charge in [0, 0.05) is 23.1 Å². The molecule has 2 atom stereocenters. The lowest BCUT2D eigenvalue weighted by Gasteiger charge is -2.32. The van der Waals surface area contributed by atoms with Crippen LogP contribution in [-0.4, -0.2) is 27.0 Å². The summed E-state index contributed by atoms with van der Waals surface area (Å²) in [6.07, 6.45) is -4.84. The maximum absolute atomic E-state index is 13.7. The molecule has 4 rings (SSSR count). The number of thiophene rings is 1. The summed E-state index contributed by atoms with van der Waals surface area (Å²) in [6, 6.07) is 6.71. The van der Waals surface area contributed by atoms with Crippen molar-refractivity contribution in [2.24, 2.45) is 0 Å². The number of halogens is 4. The summed E-state index contributed by atoms with van der Waals surface area (Å²) in [7, 11) is 0. The lowest BCUT2D eigenvalue weighted by molar-refractivity contribution is -0.173. The van der Waals surface area contributed by atoms with Crippen LogP contribution in [0.4, 0.5) is 24.7 Å². The number of aromatic nitrogens is 2. The van der Waals surface area contributed by atoms with E-state index in [0.29, 0.717) is 0 Å². The monoisotopic (exact) mass is 442 g/mol. The van der Waals surface area contributed by atoms with E-state index in [1.807, 2.05) is 0 Å². The SMILES string of the molecule is O=C(Nc1cccc(O)c1)c1nn2c(c1Cl)N[C@H](c1cccs1)C[C@@H]2C(F)(F)F. The minimum Gasteiger partial charge on any atom is -0.508 e. The fraction of sp³-hybridized carbons (Fsp3) is 0.222. The molecule has 3 heterocycles. The number of hydrogen-bond donors (Lipinski definition) is 3. The van der Waals surface area contributed by atoms with Crippen LogP contribution >= 0.6 is 22.9 Å². The minimum atomic E-state index is -4.57. The van der Waals surface area contributed by atoms with Gasteiger partial charge in [-0.2, -0.15) is 18.3 Å². The zero-order valence-electron chi connectivity index (χ0n) is 14.6. The molecule has 1 amide bonds. The van der Waals surface area contributed by atoms with Crippen LogP contribution in [-0.2, 0) is 0 Å². The number of phenols is 1. The third-order valence-electron chi connectivity index (χ3n) is 4.50. The van der Waals surface area contributed by atoms with Crippen molar-refractivity contribution in [1.29, 1.82) is 0 Å². The van der Waals surface area contributed by atoms with Crippen molar-refractivity contribution >= 4 is 40.4 Å². The Morgan fingerprint density at radius 2 is 2.14 bits per heavy atom. The van der Waals surface area contributed by atoms with Gasteiger partial charge in [-0.3, -0.25) is 4.79 Å². The highest BCUT2D eigenvalue weighted by Gasteiger charge is 2.48. The molecule has 1 aromatic carbocycles. The van der Waals surface area contributed by atoms with Crippen molar-refractivity contribution in [1.82, 2.24) is 9.78 Å². The van der Waals surface area contributed by atoms with Crippen LogP contribution in [0.2, 0.25) is 5.02 Å². The van der Waals surface area contributed by atoms with Gasteiger partial charge < -0.3 is 15.7 Å². The summed E-state index contributed by atoms with van der Waals surface area (Å²) in [5.74, 6) is -0.909. The third kappa shape index (κ3) is 3.77. The van der Waals surface area contributed by atoms with Crippen LogP contribution in [0.3, 0.4) is 0 Å². The number of nitrogens with zero attached hydrogens (tertiary/aromatic N) is 2. The third-order valence-corrected chi connectivity index (χ3v) is 5.85. The molecule has 0 radical (unpaired) electrons. The van der Waals surface area contributed by atoms with E-state index >= 15 is 0 Å². The summed E-state index contributed by atoms with van der Waals surface area (Å²) in [4.78, 5) is 13.3. The molecular formula is C18H14ClF3N4O2S. The van der Waals surface area contributed by atoms with Gasteiger partial charge in [0.2, 0.25) is 0 Å². The molecule has 3 N–H and O–H groups in total. The van der Waals surface area contributed by atoms with E-state index in [9.17, 15) is 23.1 Å². The van der Waals surface area contributed by atoms with Crippen LogP contribution in [0.5, 0.6) is 5.75 Å². The second-order valence-corrected chi connectivity index (χ2v) is 7.82. The van der Waals surface area contributed by atoms with Gasteiger partial charge in [-0.05, 0) is 23.6 Å². The maximum atomic E-state index is 13.7. The molecule has 29 heavy (non-hydrogen) atoms. The number of carbonyl (C=O) groups excluding carboxylic acids is 1. The molecule has 0 aliphatic carbocycles. The Kier molecular flexibility index (Phi) is 4.91. The first kappa shape index (κ1) is 19.6. The number of amides is 1. The van der Waals surface area contributed by atoms with E-state index in [-0.39, 0.29) is 34.4 Å². The van der Waals surface area contributed by atoms with Crippen LogP contribution < -0.4 is 10.6 Å². The Hall–Kier alpha value is -2.72. The average molecular weight is 443 g/mol. The summed E-state index contributed by atoms with van der Waals surface area (Å²) in [6.45, 7) is 0. The van der Waals surface area contributed by atoms with Gasteiger partial charge in [0.1, 0.15) is 16.6 Å². The molecule has 0 unspecified atom stereocenters. The van der Waals surface area contributed by atoms with Gasteiger partial charge in [-0.25, -0.2) is 4.68 Å². The van der Waals surface area contributed by atoms with Crippen LogP contribution in [0.15, 0.2) is 41.8 Å². The maximum Gasteiger partial charge on any atom is 0.410 e. The van der Waals surface area contributed by atoms with Crippen molar-refractivity contribution in [3.05, 3.63) is 57.4 Å². The highest BCUT2D eigenvalue weighted by Crippen LogP contribution is 2.46. The molecule has 0 saturated carbocycles.